The molecule has 2 unspecified atom stereocenters. The Bertz CT molecular complexity index is 878. The standard InChI is InChI=1S/C16H20N6O2S2/c1-8-17-13-12-9-5-3-4-6-10(9)26-14(12)21-15(22(13)20-8)18-19-16(21)25-7-11(23)24-2/h8,13,17,20H,3-7H2,1-2H3. The summed E-state index contributed by atoms with van der Waals surface area (Å²) >= 11 is 3.21. The molecule has 2 aromatic rings. The zero-order valence-corrected chi connectivity index (χ0v) is 16.2. The number of hydrazine groups is 1. The Labute approximate surface area is 159 Å². The van der Waals surface area contributed by atoms with E-state index in [-0.39, 0.29) is 24.1 Å². The van der Waals surface area contributed by atoms with Crippen molar-refractivity contribution in [3.05, 3.63) is 16.0 Å². The molecule has 1 fully saturated rings. The average molecular weight is 393 g/mol. The maximum atomic E-state index is 11.6. The number of ether oxygens (including phenoxy) is 1. The van der Waals surface area contributed by atoms with Crippen LogP contribution < -0.4 is 15.8 Å². The van der Waals surface area contributed by atoms with E-state index in [1.165, 1.54) is 52.7 Å². The number of anilines is 1. The van der Waals surface area contributed by atoms with Gasteiger partial charge < -0.3 is 4.74 Å². The molecule has 3 aliphatic rings. The van der Waals surface area contributed by atoms with E-state index >= 15 is 0 Å². The van der Waals surface area contributed by atoms with Crippen LogP contribution in [-0.4, -0.2) is 39.8 Å². The van der Waals surface area contributed by atoms with Crippen molar-refractivity contribution >= 4 is 35.0 Å². The van der Waals surface area contributed by atoms with Crippen LogP contribution in [0.1, 0.15) is 41.9 Å². The Balaban J connectivity index is 1.63. The fraction of sp³-hybridized carbons (Fsp3) is 0.562. The van der Waals surface area contributed by atoms with Gasteiger partial charge in [-0.05, 0) is 38.2 Å². The molecule has 1 saturated heterocycles. The molecule has 8 nitrogen and oxygen atoms in total. The Hall–Kier alpha value is -1.62. The van der Waals surface area contributed by atoms with Crippen LogP contribution in [0.25, 0.3) is 5.00 Å². The number of hydrogen-bond donors (Lipinski definition) is 2. The lowest BCUT2D eigenvalue weighted by molar-refractivity contribution is -0.137. The van der Waals surface area contributed by atoms with Gasteiger partial charge in [0, 0.05) is 10.4 Å². The Morgan fingerprint density at radius 1 is 1.38 bits per heavy atom. The maximum absolute atomic E-state index is 11.6. The molecule has 10 heteroatoms. The van der Waals surface area contributed by atoms with Crippen molar-refractivity contribution in [2.45, 2.75) is 50.1 Å². The summed E-state index contributed by atoms with van der Waals surface area (Å²) in [6, 6.07) is 0. The van der Waals surface area contributed by atoms with Crippen molar-refractivity contribution < 1.29 is 9.53 Å². The monoisotopic (exact) mass is 392 g/mol. The van der Waals surface area contributed by atoms with E-state index in [4.69, 9.17) is 4.74 Å². The van der Waals surface area contributed by atoms with Crippen LogP contribution in [-0.2, 0) is 22.4 Å². The lowest BCUT2D eigenvalue weighted by Gasteiger charge is -2.31. The SMILES string of the molecule is COC(=O)CSc1nnc2n1-c1sc3c(c1C1NC(C)NN21)CCCC3. The minimum atomic E-state index is -0.263. The highest BCUT2D eigenvalue weighted by molar-refractivity contribution is 7.99. The Morgan fingerprint density at radius 3 is 3.08 bits per heavy atom. The molecule has 0 aromatic carbocycles. The molecule has 2 atom stereocenters. The minimum Gasteiger partial charge on any atom is -0.468 e. The van der Waals surface area contributed by atoms with Crippen molar-refractivity contribution in [2.75, 3.05) is 17.9 Å². The van der Waals surface area contributed by atoms with Gasteiger partial charge in [0.2, 0.25) is 5.95 Å². The van der Waals surface area contributed by atoms with Crippen molar-refractivity contribution in [1.82, 2.24) is 25.5 Å². The first-order valence-electron chi connectivity index (χ1n) is 8.78. The second-order valence-electron chi connectivity index (χ2n) is 6.70. The fourth-order valence-electron chi connectivity index (χ4n) is 3.91. The maximum Gasteiger partial charge on any atom is 0.316 e. The molecule has 2 N–H and O–H groups in total. The first-order valence-corrected chi connectivity index (χ1v) is 10.6. The van der Waals surface area contributed by atoms with Crippen molar-refractivity contribution in [3.63, 3.8) is 0 Å². The summed E-state index contributed by atoms with van der Waals surface area (Å²) in [5.74, 6) is 0.729. The molecule has 4 heterocycles. The van der Waals surface area contributed by atoms with Gasteiger partial charge in [-0.1, -0.05) is 11.8 Å². The zero-order chi connectivity index (χ0) is 17.8. The molecular formula is C16H20N6O2S2. The number of esters is 1. The van der Waals surface area contributed by atoms with Gasteiger partial charge in [0.15, 0.2) is 5.16 Å². The smallest absolute Gasteiger partial charge is 0.316 e. The zero-order valence-electron chi connectivity index (χ0n) is 14.6. The van der Waals surface area contributed by atoms with E-state index in [1.54, 1.807) is 0 Å². The van der Waals surface area contributed by atoms with E-state index < -0.39 is 0 Å². The highest BCUT2D eigenvalue weighted by Crippen LogP contribution is 2.48. The van der Waals surface area contributed by atoms with Crippen molar-refractivity contribution in [1.29, 1.82) is 0 Å². The number of rotatable bonds is 3. The number of thioether (sulfide) groups is 1. The van der Waals surface area contributed by atoms with Crippen LogP contribution in [0.15, 0.2) is 5.16 Å². The fourth-order valence-corrected chi connectivity index (χ4v) is 6.16. The predicted octanol–water partition coefficient (Wildman–Crippen LogP) is 1.75. The first-order chi connectivity index (χ1) is 12.7. The summed E-state index contributed by atoms with van der Waals surface area (Å²) in [7, 11) is 1.40. The molecule has 0 amide bonds. The number of fused-ring (bicyclic) bond motifs is 8. The van der Waals surface area contributed by atoms with E-state index in [0.29, 0.717) is 0 Å². The number of methoxy groups -OCH3 is 1. The summed E-state index contributed by atoms with van der Waals surface area (Å²) in [6.07, 6.45) is 5.00. The summed E-state index contributed by atoms with van der Waals surface area (Å²) in [5.41, 5.74) is 6.27. The molecule has 0 bridgehead atoms. The van der Waals surface area contributed by atoms with Gasteiger partial charge in [0.25, 0.3) is 0 Å². The summed E-state index contributed by atoms with van der Waals surface area (Å²) < 4.78 is 6.86. The van der Waals surface area contributed by atoms with Gasteiger partial charge in [-0.3, -0.25) is 15.1 Å². The number of carbonyl (C=O) groups excluding carboxylic acids is 1. The molecule has 0 saturated carbocycles. The molecule has 2 aliphatic heterocycles. The molecule has 2 aromatic heterocycles. The summed E-state index contributed by atoms with van der Waals surface area (Å²) in [6.45, 7) is 2.10. The molecule has 138 valence electrons. The second-order valence-corrected chi connectivity index (χ2v) is 8.73. The number of aryl methyl sites for hydroxylation is 1. The number of carbonyl (C=O) groups is 1. The Kier molecular flexibility index (Phi) is 3.96. The van der Waals surface area contributed by atoms with Crippen LogP contribution in [0.5, 0.6) is 0 Å². The van der Waals surface area contributed by atoms with E-state index in [9.17, 15) is 4.79 Å². The van der Waals surface area contributed by atoms with Gasteiger partial charge in [-0.2, -0.15) is 0 Å². The van der Waals surface area contributed by atoms with Gasteiger partial charge in [-0.15, -0.1) is 21.5 Å². The van der Waals surface area contributed by atoms with Gasteiger partial charge in [0.1, 0.15) is 11.2 Å². The number of nitrogens with one attached hydrogen (secondary N) is 2. The molecule has 5 rings (SSSR count). The van der Waals surface area contributed by atoms with E-state index in [2.05, 4.69) is 37.4 Å². The number of thiophene rings is 1. The van der Waals surface area contributed by atoms with E-state index in [0.717, 1.165) is 23.9 Å². The second kappa shape index (κ2) is 6.22. The summed E-state index contributed by atoms with van der Waals surface area (Å²) in [4.78, 5) is 13.1. The average Bonchev–Trinajstić information content (AvgIpc) is 3.32. The topological polar surface area (TPSA) is 84.3 Å². The Morgan fingerprint density at radius 2 is 2.23 bits per heavy atom. The van der Waals surface area contributed by atoms with Gasteiger partial charge >= 0.3 is 5.97 Å². The third-order valence-electron chi connectivity index (χ3n) is 5.05. The number of aromatic nitrogens is 3. The molecular weight excluding hydrogens is 372 g/mol. The van der Waals surface area contributed by atoms with Crippen LogP contribution >= 0.6 is 23.1 Å². The van der Waals surface area contributed by atoms with Gasteiger partial charge in [0.05, 0.1) is 19.0 Å². The van der Waals surface area contributed by atoms with Crippen molar-refractivity contribution in [2.24, 2.45) is 0 Å². The lowest BCUT2D eigenvalue weighted by Crippen LogP contribution is -2.40. The summed E-state index contributed by atoms with van der Waals surface area (Å²) in [5, 5.41) is 16.4. The van der Waals surface area contributed by atoms with Crippen LogP contribution in [0.2, 0.25) is 0 Å². The van der Waals surface area contributed by atoms with Gasteiger partial charge in [-0.25, -0.2) is 9.99 Å². The molecule has 26 heavy (non-hydrogen) atoms. The molecule has 1 aliphatic carbocycles. The quantitative estimate of drug-likeness (QED) is 0.604. The molecule has 0 radical (unpaired) electrons. The highest BCUT2D eigenvalue weighted by atomic mass is 32.2. The minimum absolute atomic E-state index is 0.0771. The highest BCUT2D eigenvalue weighted by Gasteiger charge is 2.43. The largest absolute Gasteiger partial charge is 0.468 e. The third kappa shape index (κ3) is 2.39. The van der Waals surface area contributed by atoms with Crippen LogP contribution in [0, 0.1) is 0 Å². The molecule has 0 spiro atoms. The lowest BCUT2D eigenvalue weighted by atomic mass is 9.94. The van der Waals surface area contributed by atoms with Crippen LogP contribution in [0.3, 0.4) is 0 Å². The number of hydrogen-bond acceptors (Lipinski definition) is 9. The predicted molar refractivity (Wildman–Crippen MR) is 99.6 cm³/mol. The van der Waals surface area contributed by atoms with Crippen LogP contribution in [0.4, 0.5) is 5.95 Å². The van der Waals surface area contributed by atoms with Crippen molar-refractivity contribution in [3.8, 4) is 5.00 Å². The number of nitrogens with zero attached hydrogens (tertiary/aromatic N) is 4. The first kappa shape index (κ1) is 16.5. The van der Waals surface area contributed by atoms with E-state index in [1.807, 2.05) is 11.3 Å². The normalized spacial score (nSPS) is 23.2. The third-order valence-corrected chi connectivity index (χ3v) is 7.24.